The zero-order valence-electron chi connectivity index (χ0n) is 37.3. The Morgan fingerprint density at radius 3 is 2.00 bits per heavy atom. The van der Waals surface area contributed by atoms with Crippen LogP contribution in [0.5, 0.6) is 0 Å². The number of hydrogen-bond acceptors (Lipinski definition) is 6. The minimum Gasteiger partial charge on any atom is -0.385 e. The van der Waals surface area contributed by atoms with Gasteiger partial charge in [0.15, 0.2) is 6.29 Å². The quantitative estimate of drug-likeness (QED) is 0.137. The molecule has 0 spiro atoms. The fraction of sp³-hybridized carbons (Fsp3) is 0.630. The van der Waals surface area contributed by atoms with Crippen molar-refractivity contribution in [2.24, 2.45) is 46.3 Å². The number of fused-ring (bicyclic) bond motifs is 5. The van der Waals surface area contributed by atoms with E-state index in [9.17, 15) is 5.11 Å². The summed E-state index contributed by atoms with van der Waals surface area (Å²) in [4.78, 5) is 0. The molecular weight excluding hydrogens is 745 g/mol. The minimum atomic E-state index is -1.04. The van der Waals surface area contributed by atoms with Crippen molar-refractivity contribution < 1.29 is 28.8 Å². The maximum Gasteiger partial charge on any atom is 0.186 e. The van der Waals surface area contributed by atoms with Crippen LogP contribution in [0.2, 0.25) is 0 Å². The van der Waals surface area contributed by atoms with Gasteiger partial charge in [-0.3, -0.25) is 0 Å². The van der Waals surface area contributed by atoms with Gasteiger partial charge in [0, 0.05) is 0 Å². The average Bonchev–Trinajstić information content (AvgIpc) is 3.62. The Balaban J connectivity index is 0.968. The van der Waals surface area contributed by atoms with Crippen molar-refractivity contribution in [1.82, 2.24) is 0 Å². The monoisotopic (exact) mass is 819 g/mol. The second-order valence-electron chi connectivity index (χ2n) is 20.3. The summed E-state index contributed by atoms with van der Waals surface area (Å²) in [5.41, 5.74) is 5.45. The molecule has 326 valence electrons. The molecule has 1 heterocycles. The van der Waals surface area contributed by atoms with E-state index >= 15 is 0 Å². The van der Waals surface area contributed by atoms with E-state index in [0.717, 1.165) is 71.5 Å². The number of aliphatic hydroxyl groups excluding tert-OH is 1. The van der Waals surface area contributed by atoms with Gasteiger partial charge in [-0.25, -0.2) is 0 Å². The molecule has 8 rings (SSSR count). The topological polar surface area (TPSA) is 66.4 Å². The minimum absolute atomic E-state index is 0.0422. The molecule has 13 atom stereocenters. The summed E-state index contributed by atoms with van der Waals surface area (Å²) in [6.07, 6.45) is 12.8. The Morgan fingerprint density at radius 1 is 0.717 bits per heavy atom. The van der Waals surface area contributed by atoms with Crippen molar-refractivity contribution in [3.63, 3.8) is 0 Å². The average molecular weight is 819 g/mol. The Bertz CT molecular complexity index is 1800. The van der Waals surface area contributed by atoms with E-state index in [2.05, 4.69) is 77.1 Å². The van der Waals surface area contributed by atoms with E-state index in [-0.39, 0.29) is 18.1 Å². The molecule has 0 aromatic heterocycles. The molecule has 0 amide bonds. The summed E-state index contributed by atoms with van der Waals surface area (Å²) in [6.45, 7) is 14.0. The van der Waals surface area contributed by atoms with Crippen molar-refractivity contribution >= 4 is 0 Å². The molecule has 6 nitrogen and oxygen atoms in total. The van der Waals surface area contributed by atoms with E-state index in [1.54, 1.807) is 5.57 Å². The van der Waals surface area contributed by atoms with Crippen LogP contribution in [0, 0.1) is 46.3 Å². The van der Waals surface area contributed by atoms with E-state index in [1.807, 2.05) is 54.6 Å². The molecule has 4 fully saturated rings. The number of rotatable bonds is 17. The Kier molecular flexibility index (Phi) is 14.4. The van der Waals surface area contributed by atoms with Crippen LogP contribution in [0.15, 0.2) is 103 Å². The van der Waals surface area contributed by atoms with Gasteiger partial charge in [-0.05, 0) is 114 Å². The lowest BCUT2D eigenvalue weighted by molar-refractivity contribution is -0.328. The number of aliphatic hydroxyl groups is 1. The number of allylic oxidation sites excluding steroid dienone is 1. The van der Waals surface area contributed by atoms with Crippen LogP contribution >= 0.6 is 0 Å². The van der Waals surface area contributed by atoms with E-state index in [1.165, 1.54) is 51.4 Å². The van der Waals surface area contributed by atoms with Gasteiger partial charge in [0.2, 0.25) is 0 Å². The molecule has 0 bridgehead atoms. The fourth-order valence-corrected chi connectivity index (χ4v) is 12.9. The van der Waals surface area contributed by atoms with Gasteiger partial charge in [-0.1, -0.05) is 157 Å². The molecule has 3 saturated carbocycles. The smallest absolute Gasteiger partial charge is 0.186 e. The highest BCUT2D eigenvalue weighted by Crippen LogP contribution is 2.67. The normalized spacial score (nSPS) is 35.6. The molecular formula is C54H74O6. The van der Waals surface area contributed by atoms with Gasteiger partial charge in [-0.2, -0.15) is 0 Å². The lowest BCUT2D eigenvalue weighted by Gasteiger charge is -2.58. The van der Waals surface area contributed by atoms with Crippen LogP contribution in [0.4, 0.5) is 0 Å². The van der Waals surface area contributed by atoms with Crippen molar-refractivity contribution in [1.29, 1.82) is 0 Å². The zero-order valence-corrected chi connectivity index (χ0v) is 37.3. The molecule has 1 saturated heterocycles. The maximum absolute atomic E-state index is 12.2. The van der Waals surface area contributed by atoms with Gasteiger partial charge in [0.25, 0.3) is 0 Å². The summed E-state index contributed by atoms with van der Waals surface area (Å²) in [5.74, 6) is 4.88. The lowest BCUT2D eigenvalue weighted by atomic mass is 9.47. The van der Waals surface area contributed by atoms with Crippen molar-refractivity contribution in [3.05, 3.63) is 119 Å². The van der Waals surface area contributed by atoms with E-state index in [4.69, 9.17) is 23.7 Å². The molecule has 0 unspecified atom stereocenters. The third-order valence-electron chi connectivity index (χ3n) is 16.2. The van der Waals surface area contributed by atoms with E-state index < -0.39 is 30.7 Å². The zero-order chi connectivity index (χ0) is 41.7. The Labute approximate surface area is 361 Å². The van der Waals surface area contributed by atoms with Crippen LogP contribution < -0.4 is 0 Å². The SMILES string of the molecule is CC(C)CCC[C@@H](C)[C@H]1CC[C@H]2[C@@H]3CC=C4C[C@@H](O[C@@H]5O[C@H](COCc6ccccc6)[C@@H](OCc6ccccc6)[C@H](OCc6ccccc6)[C@@H]5O)CC[C@]4(C)[C@H]3CC[C@]12C. The molecule has 1 aliphatic heterocycles. The summed E-state index contributed by atoms with van der Waals surface area (Å²) >= 11 is 0. The summed E-state index contributed by atoms with van der Waals surface area (Å²) in [5, 5.41) is 12.2. The molecule has 1 N–H and O–H groups in total. The van der Waals surface area contributed by atoms with Crippen molar-refractivity contribution in [2.75, 3.05) is 6.61 Å². The molecule has 0 radical (unpaired) electrons. The molecule has 6 heteroatoms. The third-order valence-corrected chi connectivity index (χ3v) is 16.2. The second-order valence-corrected chi connectivity index (χ2v) is 20.3. The number of hydrogen-bond donors (Lipinski definition) is 1. The highest BCUT2D eigenvalue weighted by Gasteiger charge is 2.59. The highest BCUT2D eigenvalue weighted by molar-refractivity contribution is 5.26. The fourth-order valence-electron chi connectivity index (χ4n) is 12.9. The second kappa shape index (κ2) is 19.7. The molecule has 3 aromatic carbocycles. The first-order valence-corrected chi connectivity index (χ1v) is 23.7. The molecule has 4 aliphatic carbocycles. The van der Waals surface area contributed by atoms with Gasteiger partial charge in [-0.15, -0.1) is 0 Å². The summed E-state index contributed by atoms with van der Waals surface area (Å²) in [6, 6.07) is 30.5. The number of ether oxygens (including phenoxy) is 5. The first kappa shape index (κ1) is 43.8. The standard InChI is InChI=1S/C54H74O6/c1-37(2)16-15-17-38(3)45-26-27-46-44-25-24-42-32-43(28-30-53(42,4)47(44)29-31-54(45,46)5)59-52-49(55)51(58-35-41-22-13-8-14-23-41)50(57-34-40-20-11-7-12-21-40)48(60-52)36-56-33-39-18-9-6-10-19-39/h6-14,18-24,37-38,43-52,55H,15-17,25-36H2,1-5H3/t38-,43+,44+,45-,46+,47+,48-,49+,50-,51-,52-,53+,54-/m1/s1. The van der Waals surface area contributed by atoms with Gasteiger partial charge in [0.05, 0.1) is 32.5 Å². The van der Waals surface area contributed by atoms with E-state index in [0.29, 0.717) is 25.2 Å². The summed E-state index contributed by atoms with van der Waals surface area (Å²) in [7, 11) is 0. The molecule has 60 heavy (non-hydrogen) atoms. The van der Waals surface area contributed by atoms with Crippen molar-refractivity contribution in [2.45, 2.75) is 162 Å². The van der Waals surface area contributed by atoms with Crippen LogP contribution in [-0.4, -0.2) is 48.5 Å². The van der Waals surface area contributed by atoms with Crippen LogP contribution in [0.3, 0.4) is 0 Å². The largest absolute Gasteiger partial charge is 0.385 e. The van der Waals surface area contributed by atoms with Gasteiger partial charge >= 0.3 is 0 Å². The predicted molar refractivity (Wildman–Crippen MR) is 239 cm³/mol. The number of benzene rings is 3. The highest BCUT2D eigenvalue weighted by atomic mass is 16.7. The van der Waals surface area contributed by atoms with Gasteiger partial charge in [0.1, 0.15) is 24.4 Å². The lowest BCUT2D eigenvalue weighted by Crippen LogP contribution is -2.61. The predicted octanol–water partition coefficient (Wildman–Crippen LogP) is 11.9. The van der Waals surface area contributed by atoms with Gasteiger partial charge < -0.3 is 28.8 Å². The molecule has 5 aliphatic rings. The van der Waals surface area contributed by atoms with Crippen LogP contribution in [0.1, 0.15) is 122 Å². The Morgan fingerprint density at radius 2 is 1.35 bits per heavy atom. The molecule has 3 aromatic rings. The van der Waals surface area contributed by atoms with Crippen LogP contribution in [-0.2, 0) is 43.5 Å². The van der Waals surface area contributed by atoms with Crippen molar-refractivity contribution in [3.8, 4) is 0 Å². The first-order valence-electron chi connectivity index (χ1n) is 23.7. The van der Waals surface area contributed by atoms with Crippen LogP contribution in [0.25, 0.3) is 0 Å². The Hall–Kier alpha value is -2.84. The maximum atomic E-state index is 12.2. The summed E-state index contributed by atoms with van der Waals surface area (Å²) < 4.78 is 33.3. The third kappa shape index (κ3) is 9.70. The first-order chi connectivity index (χ1) is 29.1.